The molecule has 0 spiro atoms. The average Bonchev–Trinajstić information content (AvgIpc) is 2.83. The lowest BCUT2D eigenvalue weighted by Gasteiger charge is -2.14. The number of amides is 1. The van der Waals surface area contributed by atoms with E-state index in [1.54, 1.807) is 6.92 Å². The largest absolute Gasteiger partial charge is 0.469 e. The van der Waals surface area contributed by atoms with Gasteiger partial charge in [0.25, 0.3) is 0 Å². The number of carbonyl (C=O) groups is 2. The zero-order valence-electron chi connectivity index (χ0n) is 10.3. The number of hydrogen-bond donors (Lipinski definition) is 2. The summed E-state index contributed by atoms with van der Waals surface area (Å²) in [5, 5.41) is 2.68. The number of esters is 1. The van der Waals surface area contributed by atoms with Gasteiger partial charge in [-0.15, -0.1) is 0 Å². The van der Waals surface area contributed by atoms with Gasteiger partial charge in [0, 0.05) is 13.1 Å². The van der Waals surface area contributed by atoms with Crippen LogP contribution >= 0.6 is 0 Å². The van der Waals surface area contributed by atoms with Crippen LogP contribution in [0.4, 0.5) is 0 Å². The van der Waals surface area contributed by atoms with Crippen LogP contribution in [0.15, 0.2) is 0 Å². The van der Waals surface area contributed by atoms with E-state index in [0.717, 1.165) is 6.42 Å². The van der Waals surface area contributed by atoms with E-state index in [0.29, 0.717) is 13.0 Å². The maximum absolute atomic E-state index is 11.7. The van der Waals surface area contributed by atoms with E-state index in [4.69, 9.17) is 10.5 Å². The van der Waals surface area contributed by atoms with Gasteiger partial charge >= 0.3 is 5.97 Å². The number of nitrogens with one attached hydrogen (secondary N) is 1. The van der Waals surface area contributed by atoms with Gasteiger partial charge in [-0.25, -0.2) is 0 Å². The third-order valence-corrected chi connectivity index (χ3v) is 2.85. The van der Waals surface area contributed by atoms with Gasteiger partial charge in [-0.3, -0.25) is 9.59 Å². The van der Waals surface area contributed by atoms with Crippen LogP contribution < -0.4 is 11.1 Å². The van der Waals surface area contributed by atoms with Crippen molar-refractivity contribution in [1.29, 1.82) is 0 Å². The maximum atomic E-state index is 11.7. The predicted octanol–water partition coefficient (Wildman–Crippen LogP) is -0.582. The molecule has 6 nitrogen and oxygen atoms in total. The Balaban J connectivity index is 2.28. The Bertz CT molecular complexity index is 283. The first kappa shape index (κ1) is 13.9. The molecule has 0 aromatic rings. The number of carbonyl (C=O) groups excluding carboxylic acids is 2. The van der Waals surface area contributed by atoms with Gasteiger partial charge in [0.1, 0.15) is 6.10 Å². The van der Waals surface area contributed by atoms with Gasteiger partial charge in [0.15, 0.2) is 0 Å². The van der Waals surface area contributed by atoms with Crippen LogP contribution in [0.1, 0.15) is 19.8 Å². The fraction of sp³-hybridized carbons (Fsp3) is 0.818. The highest BCUT2D eigenvalue weighted by Crippen LogP contribution is 2.18. The molecule has 17 heavy (non-hydrogen) atoms. The summed E-state index contributed by atoms with van der Waals surface area (Å²) < 4.78 is 10.0. The lowest BCUT2D eigenvalue weighted by atomic mass is 10.1. The summed E-state index contributed by atoms with van der Waals surface area (Å²) in [6.07, 6.45) is 1.03. The molecule has 0 bridgehead atoms. The topological polar surface area (TPSA) is 90.7 Å². The van der Waals surface area contributed by atoms with Crippen molar-refractivity contribution in [1.82, 2.24) is 5.32 Å². The van der Waals surface area contributed by atoms with E-state index >= 15 is 0 Å². The summed E-state index contributed by atoms with van der Waals surface area (Å²) in [4.78, 5) is 22.8. The first-order valence-corrected chi connectivity index (χ1v) is 5.79. The normalized spacial score (nSPS) is 25.4. The number of nitrogens with two attached hydrogens (primary N) is 1. The van der Waals surface area contributed by atoms with E-state index in [-0.39, 0.29) is 30.4 Å². The van der Waals surface area contributed by atoms with Crippen molar-refractivity contribution < 1.29 is 19.1 Å². The molecule has 1 aliphatic rings. The molecule has 0 saturated carbocycles. The van der Waals surface area contributed by atoms with Crippen LogP contribution in [0, 0.1) is 5.92 Å². The highest BCUT2D eigenvalue weighted by molar-refractivity contribution is 5.81. The molecule has 0 aromatic carbocycles. The zero-order chi connectivity index (χ0) is 12.8. The highest BCUT2D eigenvalue weighted by Gasteiger charge is 2.30. The quantitative estimate of drug-likeness (QED) is 0.631. The van der Waals surface area contributed by atoms with Crippen molar-refractivity contribution in [2.45, 2.75) is 32.0 Å². The van der Waals surface area contributed by atoms with Crippen LogP contribution in [0.25, 0.3) is 0 Å². The Labute approximate surface area is 101 Å². The Morgan fingerprint density at radius 2 is 2.24 bits per heavy atom. The van der Waals surface area contributed by atoms with E-state index in [2.05, 4.69) is 10.1 Å². The number of rotatable bonds is 5. The van der Waals surface area contributed by atoms with Crippen molar-refractivity contribution >= 4 is 11.9 Å². The van der Waals surface area contributed by atoms with Crippen LogP contribution in [-0.4, -0.2) is 44.3 Å². The van der Waals surface area contributed by atoms with Gasteiger partial charge in [-0.2, -0.15) is 0 Å². The van der Waals surface area contributed by atoms with E-state index in [1.165, 1.54) is 7.11 Å². The first-order valence-electron chi connectivity index (χ1n) is 5.79. The minimum atomic E-state index is -0.437. The maximum Gasteiger partial charge on any atom is 0.310 e. The Morgan fingerprint density at radius 3 is 2.76 bits per heavy atom. The summed E-state index contributed by atoms with van der Waals surface area (Å²) in [5.74, 6) is -0.871. The zero-order valence-corrected chi connectivity index (χ0v) is 10.3. The molecule has 1 unspecified atom stereocenters. The number of hydrogen-bond acceptors (Lipinski definition) is 5. The summed E-state index contributed by atoms with van der Waals surface area (Å²) in [5.41, 5.74) is 5.46. The van der Waals surface area contributed by atoms with Crippen molar-refractivity contribution in [2.24, 2.45) is 11.7 Å². The van der Waals surface area contributed by atoms with Gasteiger partial charge in [0.05, 0.1) is 19.1 Å². The first-order chi connectivity index (χ1) is 8.08. The van der Waals surface area contributed by atoms with E-state index < -0.39 is 6.10 Å². The summed E-state index contributed by atoms with van der Waals surface area (Å²) in [6, 6.07) is 0. The van der Waals surface area contributed by atoms with Gasteiger partial charge in [0.2, 0.25) is 5.91 Å². The third-order valence-electron chi connectivity index (χ3n) is 2.85. The molecule has 1 amide bonds. The second-order valence-corrected chi connectivity index (χ2v) is 4.23. The molecule has 6 heteroatoms. The summed E-state index contributed by atoms with van der Waals surface area (Å²) >= 11 is 0. The summed E-state index contributed by atoms with van der Waals surface area (Å²) in [7, 11) is 1.33. The average molecular weight is 244 g/mol. The summed E-state index contributed by atoms with van der Waals surface area (Å²) in [6.45, 7) is 2.39. The molecule has 0 radical (unpaired) electrons. The van der Waals surface area contributed by atoms with Crippen molar-refractivity contribution in [3.63, 3.8) is 0 Å². The minimum Gasteiger partial charge on any atom is -0.469 e. The van der Waals surface area contributed by atoms with Crippen LogP contribution in [-0.2, 0) is 19.1 Å². The fourth-order valence-corrected chi connectivity index (χ4v) is 1.72. The van der Waals surface area contributed by atoms with Crippen molar-refractivity contribution in [3.05, 3.63) is 0 Å². The molecule has 1 rings (SSSR count). The number of ether oxygens (including phenoxy) is 2. The Kier molecular flexibility index (Phi) is 5.37. The fourth-order valence-electron chi connectivity index (χ4n) is 1.72. The standard InChI is InChI=1S/C11H20N2O4/c1-7(11(15)16-2)6-13-10(14)9-4-3-8(5-12)17-9/h7-9H,3-6,12H2,1-2H3,(H,13,14)/t7?,8-,9+/m1/s1. The molecule has 3 N–H and O–H groups in total. The molecule has 1 aliphatic heterocycles. The number of methoxy groups -OCH3 is 1. The Hall–Kier alpha value is -1.14. The molecular weight excluding hydrogens is 224 g/mol. The molecule has 3 atom stereocenters. The van der Waals surface area contributed by atoms with Crippen LogP contribution in [0.2, 0.25) is 0 Å². The highest BCUT2D eigenvalue weighted by atomic mass is 16.5. The van der Waals surface area contributed by atoms with Crippen molar-refractivity contribution in [3.8, 4) is 0 Å². The third kappa shape index (κ3) is 3.98. The Morgan fingerprint density at radius 1 is 1.53 bits per heavy atom. The monoisotopic (exact) mass is 244 g/mol. The smallest absolute Gasteiger partial charge is 0.310 e. The predicted molar refractivity (Wildman–Crippen MR) is 61.1 cm³/mol. The lowest BCUT2D eigenvalue weighted by molar-refractivity contribution is -0.145. The molecule has 0 aliphatic carbocycles. The second-order valence-electron chi connectivity index (χ2n) is 4.23. The van der Waals surface area contributed by atoms with Crippen molar-refractivity contribution in [2.75, 3.05) is 20.2 Å². The van der Waals surface area contributed by atoms with Gasteiger partial charge in [-0.05, 0) is 12.8 Å². The second kappa shape index (κ2) is 6.56. The minimum absolute atomic E-state index is 0.0243. The molecular formula is C11H20N2O4. The molecule has 1 heterocycles. The van der Waals surface area contributed by atoms with E-state index in [1.807, 2.05) is 0 Å². The molecule has 1 fully saturated rings. The molecule has 0 aromatic heterocycles. The van der Waals surface area contributed by atoms with Gasteiger partial charge in [-0.1, -0.05) is 6.92 Å². The molecule has 98 valence electrons. The van der Waals surface area contributed by atoms with Gasteiger partial charge < -0.3 is 20.5 Å². The lowest BCUT2D eigenvalue weighted by Crippen LogP contribution is -2.39. The van der Waals surface area contributed by atoms with Crippen LogP contribution in [0.3, 0.4) is 0 Å². The van der Waals surface area contributed by atoms with Crippen LogP contribution in [0.5, 0.6) is 0 Å². The molecule has 1 saturated heterocycles. The SMILES string of the molecule is COC(=O)C(C)CNC(=O)[C@@H]1CC[C@H](CN)O1. The van der Waals surface area contributed by atoms with E-state index in [9.17, 15) is 9.59 Å².